The van der Waals surface area contributed by atoms with Crippen LogP contribution in [0.5, 0.6) is 0 Å². The van der Waals surface area contributed by atoms with Crippen molar-refractivity contribution in [3.63, 3.8) is 0 Å². The first-order valence-corrected chi connectivity index (χ1v) is 10.4. The number of aliphatic imine (C=N–C) groups is 1. The number of hydrogen-bond acceptors (Lipinski definition) is 2. The van der Waals surface area contributed by atoms with E-state index in [9.17, 15) is 4.79 Å². The molecule has 0 radical (unpaired) electrons. The second-order valence-electron chi connectivity index (χ2n) is 7.31. The molecule has 1 aliphatic heterocycles. The molecule has 25 heavy (non-hydrogen) atoms. The highest BCUT2D eigenvalue weighted by Gasteiger charge is 2.41. The number of nitrogens with one attached hydrogen (secondary N) is 1. The Bertz CT molecular complexity index is 444. The van der Waals surface area contributed by atoms with E-state index in [-0.39, 0.29) is 12.1 Å². The van der Waals surface area contributed by atoms with Crippen molar-refractivity contribution in [2.45, 2.75) is 91.6 Å². The van der Waals surface area contributed by atoms with Gasteiger partial charge in [-0.05, 0) is 39.0 Å². The summed E-state index contributed by atoms with van der Waals surface area (Å²) in [5.74, 6) is 1.33. The molecule has 1 rings (SSSR count). The van der Waals surface area contributed by atoms with Crippen LogP contribution in [0, 0.1) is 0 Å². The van der Waals surface area contributed by atoms with Gasteiger partial charge in [-0.2, -0.15) is 0 Å². The zero-order chi connectivity index (χ0) is 18.5. The van der Waals surface area contributed by atoms with Crippen molar-refractivity contribution in [1.82, 2.24) is 5.32 Å². The molecule has 4 nitrogen and oxygen atoms in total. The van der Waals surface area contributed by atoms with Crippen LogP contribution in [0.2, 0.25) is 0 Å². The molecule has 1 aliphatic rings. The number of nitrogens with zero attached hydrogens (tertiary/aromatic N) is 2. The quantitative estimate of drug-likeness (QED) is 0.289. The topological polar surface area (TPSA) is 41.5 Å². The van der Waals surface area contributed by atoms with E-state index in [0.717, 1.165) is 30.5 Å². The van der Waals surface area contributed by atoms with E-state index in [1.165, 1.54) is 57.2 Å². The highest BCUT2D eigenvalue weighted by atomic mass is 16.1. The predicted octanol–water partition coefficient (Wildman–Crippen LogP) is 4.80. The van der Waals surface area contributed by atoms with Gasteiger partial charge in [0.15, 0.2) is 12.0 Å². The summed E-state index contributed by atoms with van der Waals surface area (Å²) in [4.78, 5) is 16.2. The number of amidine groups is 1. The molecule has 0 aromatic carbocycles. The largest absolute Gasteiger partial charge is 0.307 e. The fourth-order valence-electron chi connectivity index (χ4n) is 3.85. The third-order valence-corrected chi connectivity index (χ3v) is 5.44. The minimum absolute atomic E-state index is 0.0498. The molecule has 1 heterocycles. The van der Waals surface area contributed by atoms with Crippen molar-refractivity contribution in [2.75, 3.05) is 19.6 Å². The number of carbonyl (C=O) groups is 1. The summed E-state index contributed by atoms with van der Waals surface area (Å²) >= 11 is 0. The predicted molar refractivity (Wildman–Crippen MR) is 108 cm³/mol. The molecule has 0 aromatic rings. The molecule has 0 bridgehead atoms. The second kappa shape index (κ2) is 12.2. The highest BCUT2D eigenvalue weighted by Crippen LogP contribution is 2.22. The summed E-state index contributed by atoms with van der Waals surface area (Å²) in [5.41, 5.74) is 0. The van der Waals surface area contributed by atoms with Crippen LogP contribution >= 0.6 is 0 Å². The smallest absolute Gasteiger partial charge is 0.221 e. The summed E-state index contributed by atoms with van der Waals surface area (Å²) in [7, 11) is 0. The van der Waals surface area contributed by atoms with Crippen LogP contribution in [0.15, 0.2) is 17.1 Å². The monoisotopic (exact) mass is 350 g/mol. The highest BCUT2D eigenvalue weighted by molar-refractivity contribution is 5.78. The summed E-state index contributed by atoms with van der Waals surface area (Å²) in [6.45, 7) is 11.1. The van der Waals surface area contributed by atoms with Crippen molar-refractivity contribution in [3.8, 4) is 0 Å². The normalized spacial score (nSPS) is 21.5. The molecular formula is C21H40N3O+. The lowest BCUT2D eigenvalue weighted by Crippen LogP contribution is -2.62. The summed E-state index contributed by atoms with van der Waals surface area (Å²) < 4.78 is 0.840. The van der Waals surface area contributed by atoms with E-state index in [4.69, 9.17) is 4.99 Å². The van der Waals surface area contributed by atoms with Gasteiger partial charge in [-0.25, -0.2) is 4.99 Å². The number of carbonyl (C=O) groups excluding carboxylic acids is 1. The van der Waals surface area contributed by atoms with Crippen molar-refractivity contribution in [1.29, 1.82) is 0 Å². The van der Waals surface area contributed by atoms with E-state index in [1.54, 1.807) is 6.92 Å². The van der Waals surface area contributed by atoms with E-state index < -0.39 is 0 Å². The van der Waals surface area contributed by atoms with Gasteiger partial charge in [-0.3, -0.25) is 9.28 Å². The van der Waals surface area contributed by atoms with Crippen molar-refractivity contribution in [2.24, 2.45) is 4.99 Å². The fraction of sp³-hybridized carbons (Fsp3) is 0.810. The number of quaternary nitrogens is 1. The Kier molecular flexibility index (Phi) is 10.7. The number of likely N-dealkylation sites (N-methyl/N-ethyl adjacent to an activating group) is 1. The lowest BCUT2D eigenvalue weighted by molar-refractivity contribution is -0.861. The Morgan fingerprint density at radius 3 is 2.44 bits per heavy atom. The van der Waals surface area contributed by atoms with Gasteiger partial charge >= 0.3 is 0 Å². The van der Waals surface area contributed by atoms with Gasteiger partial charge in [0.2, 0.25) is 5.91 Å². The lowest BCUT2D eigenvalue weighted by Gasteiger charge is -2.39. The van der Waals surface area contributed by atoms with E-state index in [1.807, 2.05) is 0 Å². The van der Waals surface area contributed by atoms with Crippen molar-refractivity contribution >= 4 is 11.7 Å². The molecule has 2 unspecified atom stereocenters. The molecule has 4 heteroatoms. The molecular weight excluding hydrogens is 310 g/mol. The maximum Gasteiger partial charge on any atom is 0.221 e. The molecule has 0 aromatic heterocycles. The van der Waals surface area contributed by atoms with E-state index in [0.29, 0.717) is 0 Å². The maximum absolute atomic E-state index is 11.5. The molecule has 144 valence electrons. The van der Waals surface area contributed by atoms with E-state index in [2.05, 4.69) is 38.2 Å². The number of unbranched alkanes of at least 4 members (excludes halogenated alkanes) is 6. The minimum atomic E-state index is 0.0498. The van der Waals surface area contributed by atoms with Crippen LogP contribution in [0.1, 0.15) is 85.5 Å². The first-order valence-electron chi connectivity index (χ1n) is 10.4. The first kappa shape index (κ1) is 21.9. The number of rotatable bonds is 13. The van der Waals surface area contributed by atoms with Gasteiger partial charge < -0.3 is 5.32 Å². The third kappa shape index (κ3) is 7.31. The van der Waals surface area contributed by atoms with Gasteiger partial charge in [0.1, 0.15) is 6.54 Å². The molecule has 0 saturated carbocycles. The van der Waals surface area contributed by atoms with Crippen molar-refractivity contribution < 1.29 is 9.28 Å². The van der Waals surface area contributed by atoms with Gasteiger partial charge in [0.05, 0.1) is 13.1 Å². The Morgan fingerprint density at radius 1 is 1.16 bits per heavy atom. The Balaban J connectivity index is 2.31. The molecule has 0 fully saturated rings. The fourth-order valence-corrected chi connectivity index (χ4v) is 3.85. The van der Waals surface area contributed by atoms with Gasteiger partial charge in [0.25, 0.3) is 0 Å². The lowest BCUT2D eigenvalue weighted by atomic mass is 10.1. The summed E-state index contributed by atoms with van der Waals surface area (Å²) in [6, 6.07) is 0. The van der Waals surface area contributed by atoms with Crippen LogP contribution in [0.4, 0.5) is 0 Å². The number of hydrogen-bond donors (Lipinski definition) is 1. The molecule has 1 N–H and O–H groups in total. The van der Waals surface area contributed by atoms with Crippen LogP contribution in [-0.4, -0.2) is 42.0 Å². The zero-order valence-corrected chi connectivity index (χ0v) is 17.0. The van der Waals surface area contributed by atoms with Crippen LogP contribution in [0.3, 0.4) is 0 Å². The summed E-state index contributed by atoms with van der Waals surface area (Å²) in [5, 5.41) is 3.09. The number of amides is 1. The first-order chi connectivity index (χ1) is 12.1. The third-order valence-electron chi connectivity index (χ3n) is 5.44. The second-order valence-corrected chi connectivity index (χ2v) is 7.31. The average Bonchev–Trinajstić information content (AvgIpc) is 3.00. The van der Waals surface area contributed by atoms with Crippen LogP contribution < -0.4 is 5.32 Å². The van der Waals surface area contributed by atoms with Crippen molar-refractivity contribution in [3.05, 3.63) is 12.2 Å². The van der Waals surface area contributed by atoms with Gasteiger partial charge in [0, 0.05) is 20.3 Å². The van der Waals surface area contributed by atoms with Crippen LogP contribution in [0.25, 0.3) is 0 Å². The average molecular weight is 351 g/mol. The molecule has 2 atom stereocenters. The van der Waals surface area contributed by atoms with E-state index >= 15 is 0 Å². The maximum atomic E-state index is 11.5. The molecule has 0 aliphatic carbocycles. The van der Waals surface area contributed by atoms with Gasteiger partial charge in [-0.1, -0.05) is 38.3 Å². The Labute approximate surface area is 155 Å². The van der Waals surface area contributed by atoms with Gasteiger partial charge in [-0.15, -0.1) is 0 Å². The standard InChI is InChI=1S/C21H39N3O/c1-5-7-8-9-10-11-12-13-14-15-16-21-22-17-18-24(21,6-2)19(3)23-20(4)25/h11-12,19H,5-10,13-18H2,1-4H3/p+1/b12-11+. The minimum Gasteiger partial charge on any atom is -0.307 e. The van der Waals surface area contributed by atoms with Crippen LogP contribution in [-0.2, 0) is 4.79 Å². The molecule has 0 saturated heterocycles. The Morgan fingerprint density at radius 2 is 1.84 bits per heavy atom. The molecule has 0 spiro atoms. The SMILES string of the molecule is CCCCCC/C=C/CCCCC1=NCC[N+]1(CC)C(C)NC(C)=O. The molecule has 1 amide bonds. The summed E-state index contributed by atoms with van der Waals surface area (Å²) in [6.07, 6.45) is 16.1. The Hall–Kier alpha value is -1.16. The zero-order valence-electron chi connectivity index (χ0n) is 17.0. The number of allylic oxidation sites excluding steroid dienone is 2.